The number of hydrogen-bond acceptors (Lipinski definition) is 2. The summed E-state index contributed by atoms with van der Waals surface area (Å²) in [5.74, 6) is 1.04. The van der Waals surface area contributed by atoms with E-state index in [-0.39, 0.29) is 5.41 Å². The van der Waals surface area contributed by atoms with Crippen LogP contribution in [0.3, 0.4) is 0 Å². The lowest BCUT2D eigenvalue weighted by molar-refractivity contribution is -0.125. The third-order valence-electron chi connectivity index (χ3n) is 6.02. The molecule has 0 bridgehead atoms. The van der Waals surface area contributed by atoms with Crippen LogP contribution in [0.15, 0.2) is 60.7 Å². The molecule has 2 aromatic rings. The number of fused-ring (bicyclic) bond motifs is 1. The van der Waals surface area contributed by atoms with Gasteiger partial charge in [-0.3, -0.25) is 9.69 Å². The van der Waals surface area contributed by atoms with Crippen molar-refractivity contribution < 1.29 is 4.79 Å². The number of ketones is 1. The van der Waals surface area contributed by atoms with E-state index in [9.17, 15) is 4.79 Å². The zero-order valence-electron chi connectivity index (χ0n) is 14.2. The number of Topliss-reactive ketones (excluding diaryl/α,β-unsaturated/α-hetero) is 1. The number of benzene rings is 2. The first kappa shape index (κ1) is 15.6. The Morgan fingerprint density at radius 2 is 1.71 bits per heavy atom. The van der Waals surface area contributed by atoms with Gasteiger partial charge in [-0.2, -0.15) is 0 Å². The largest absolute Gasteiger partial charge is 0.300 e. The lowest BCUT2D eigenvalue weighted by Gasteiger charge is -2.50. The number of likely N-dealkylation sites (tertiary alicyclic amines) is 1. The predicted octanol–water partition coefficient (Wildman–Crippen LogP) is 4.20. The third kappa shape index (κ3) is 2.91. The van der Waals surface area contributed by atoms with Gasteiger partial charge in [0.25, 0.3) is 0 Å². The van der Waals surface area contributed by atoms with Crippen LogP contribution in [0.2, 0.25) is 0 Å². The molecule has 2 heteroatoms. The van der Waals surface area contributed by atoms with Gasteiger partial charge in [0.05, 0.1) is 0 Å². The van der Waals surface area contributed by atoms with Gasteiger partial charge in [0.2, 0.25) is 0 Å². The summed E-state index contributed by atoms with van der Waals surface area (Å²) >= 11 is 0. The molecule has 2 atom stereocenters. The van der Waals surface area contributed by atoms with Gasteiger partial charge in [-0.25, -0.2) is 0 Å². The van der Waals surface area contributed by atoms with Gasteiger partial charge >= 0.3 is 0 Å². The van der Waals surface area contributed by atoms with Crippen molar-refractivity contribution in [3.8, 4) is 0 Å². The molecular weight excluding hydrogens is 294 g/mol. The standard InChI is InChI=1S/C22H25NO/c24-21-12-11-20-17-23(16-18-7-3-1-4-8-18)14-13-22(20,15-21)19-9-5-2-6-10-19/h1-10,20H,11-17H2/t20-,22+/m1/s1. The molecule has 1 aliphatic heterocycles. The monoisotopic (exact) mass is 319 g/mol. The second kappa shape index (κ2) is 6.52. The summed E-state index contributed by atoms with van der Waals surface area (Å²) in [5.41, 5.74) is 2.84. The van der Waals surface area contributed by atoms with Crippen LogP contribution < -0.4 is 0 Å². The Morgan fingerprint density at radius 1 is 1.00 bits per heavy atom. The quantitative estimate of drug-likeness (QED) is 0.845. The molecule has 1 saturated heterocycles. The van der Waals surface area contributed by atoms with E-state index in [0.29, 0.717) is 11.7 Å². The maximum atomic E-state index is 12.3. The number of piperidine rings is 1. The molecule has 0 aromatic heterocycles. The van der Waals surface area contributed by atoms with Crippen LogP contribution in [-0.4, -0.2) is 23.8 Å². The number of carbonyl (C=O) groups excluding carboxylic acids is 1. The Morgan fingerprint density at radius 3 is 2.46 bits per heavy atom. The average Bonchev–Trinajstić information content (AvgIpc) is 2.63. The van der Waals surface area contributed by atoms with Gasteiger partial charge < -0.3 is 0 Å². The summed E-state index contributed by atoms with van der Waals surface area (Å²) in [4.78, 5) is 14.8. The molecule has 0 radical (unpaired) electrons. The molecule has 2 aromatic carbocycles. The Hall–Kier alpha value is -1.93. The van der Waals surface area contributed by atoms with Crippen molar-refractivity contribution in [3.63, 3.8) is 0 Å². The second-order valence-electron chi connectivity index (χ2n) is 7.44. The molecule has 0 spiro atoms. The molecule has 24 heavy (non-hydrogen) atoms. The van der Waals surface area contributed by atoms with Crippen molar-refractivity contribution in [2.45, 2.75) is 37.6 Å². The Labute approximate surface area is 144 Å². The van der Waals surface area contributed by atoms with Crippen LogP contribution >= 0.6 is 0 Å². The van der Waals surface area contributed by atoms with Crippen molar-refractivity contribution in [2.75, 3.05) is 13.1 Å². The van der Waals surface area contributed by atoms with E-state index in [1.165, 1.54) is 11.1 Å². The first-order chi connectivity index (χ1) is 11.8. The molecule has 0 amide bonds. The summed E-state index contributed by atoms with van der Waals surface area (Å²) in [7, 11) is 0. The van der Waals surface area contributed by atoms with Crippen molar-refractivity contribution >= 4 is 5.78 Å². The fraction of sp³-hybridized carbons (Fsp3) is 0.409. The average molecular weight is 319 g/mol. The van der Waals surface area contributed by atoms with Crippen LogP contribution in [0.1, 0.15) is 36.8 Å². The fourth-order valence-electron chi connectivity index (χ4n) is 4.75. The maximum absolute atomic E-state index is 12.3. The molecule has 124 valence electrons. The zero-order valence-corrected chi connectivity index (χ0v) is 14.2. The Kier molecular flexibility index (Phi) is 4.24. The number of nitrogens with zero attached hydrogens (tertiary/aromatic N) is 1. The molecule has 0 N–H and O–H groups in total. The van der Waals surface area contributed by atoms with E-state index in [2.05, 4.69) is 65.6 Å². The molecule has 2 aliphatic rings. The molecule has 2 nitrogen and oxygen atoms in total. The van der Waals surface area contributed by atoms with Crippen LogP contribution in [-0.2, 0) is 16.8 Å². The molecule has 1 aliphatic carbocycles. The van der Waals surface area contributed by atoms with Crippen molar-refractivity contribution in [3.05, 3.63) is 71.8 Å². The van der Waals surface area contributed by atoms with Crippen LogP contribution in [0.25, 0.3) is 0 Å². The van der Waals surface area contributed by atoms with Crippen LogP contribution in [0.4, 0.5) is 0 Å². The molecular formula is C22H25NO. The lowest BCUT2D eigenvalue weighted by atomic mass is 9.59. The van der Waals surface area contributed by atoms with Crippen molar-refractivity contribution in [1.29, 1.82) is 0 Å². The highest BCUT2D eigenvalue weighted by Crippen LogP contribution is 2.48. The van der Waals surface area contributed by atoms with Gasteiger partial charge in [-0.1, -0.05) is 60.7 Å². The molecule has 4 rings (SSSR count). The minimum atomic E-state index is 0.0732. The summed E-state index contributed by atoms with van der Waals surface area (Å²) in [6.45, 7) is 3.21. The predicted molar refractivity (Wildman–Crippen MR) is 96.8 cm³/mol. The van der Waals surface area contributed by atoms with E-state index >= 15 is 0 Å². The first-order valence-corrected chi connectivity index (χ1v) is 9.10. The van der Waals surface area contributed by atoms with E-state index < -0.39 is 0 Å². The van der Waals surface area contributed by atoms with E-state index in [4.69, 9.17) is 0 Å². The Bertz CT molecular complexity index is 696. The smallest absolute Gasteiger partial charge is 0.133 e. The van der Waals surface area contributed by atoms with E-state index in [1.54, 1.807) is 0 Å². The molecule has 2 fully saturated rings. The zero-order chi connectivity index (χ0) is 16.4. The fourth-order valence-corrected chi connectivity index (χ4v) is 4.75. The third-order valence-corrected chi connectivity index (χ3v) is 6.02. The summed E-state index contributed by atoms with van der Waals surface area (Å²) in [6.07, 6.45) is 3.64. The number of rotatable bonds is 3. The van der Waals surface area contributed by atoms with Gasteiger partial charge in [-0.05, 0) is 36.4 Å². The maximum Gasteiger partial charge on any atom is 0.133 e. The first-order valence-electron chi connectivity index (χ1n) is 9.10. The topological polar surface area (TPSA) is 20.3 Å². The van der Waals surface area contributed by atoms with Gasteiger partial charge in [0.1, 0.15) is 5.78 Å². The molecule has 1 saturated carbocycles. The number of carbonyl (C=O) groups is 1. The van der Waals surface area contributed by atoms with Gasteiger partial charge in [0, 0.05) is 31.3 Å². The minimum Gasteiger partial charge on any atom is -0.300 e. The van der Waals surface area contributed by atoms with Crippen molar-refractivity contribution in [2.24, 2.45) is 5.92 Å². The normalized spacial score (nSPS) is 27.7. The molecule has 0 unspecified atom stereocenters. The van der Waals surface area contributed by atoms with E-state index in [0.717, 1.165) is 45.3 Å². The summed E-state index contributed by atoms with van der Waals surface area (Å²) in [5, 5.41) is 0. The van der Waals surface area contributed by atoms with Crippen molar-refractivity contribution in [1.82, 2.24) is 4.90 Å². The summed E-state index contributed by atoms with van der Waals surface area (Å²) < 4.78 is 0. The molecule has 1 heterocycles. The second-order valence-corrected chi connectivity index (χ2v) is 7.44. The highest BCUT2D eigenvalue weighted by Gasteiger charge is 2.47. The number of hydrogen-bond donors (Lipinski definition) is 0. The SMILES string of the molecule is O=C1CC[C@@H]2CN(Cc3ccccc3)CC[C@@]2(c2ccccc2)C1. The Balaban J connectivity index is 1.57. The highest BCUT2D eigenvalue weighted by molar-refractivity contribution is 5.81. The lowest BCUT2D eigenvalue weighted by Crippen LogP contribution is -2.52. The van der Waals surface area contributed by atoms with Crippen LogP contribution in [0.5, 0.6) is 0 Å². The minimum absolute atomic E-state index is 0.0732. The van der Waals surface area contributed by atoms with E-state index in [1.807, 2.05) is 0 Å². The van der Waals surface area contributed by atoms with Crippen LogP contribution in [0, 0.1) is 5.92 Å². The highest BCUT2D eigenvalue weighted by atomic mass is 16.1. The van der Waals surface area contributed by atoms with Gasteiger partial charge in [0.15, 0.2) is 0 Å². The summed E-state index contributed by atoms with van der Waals surface area (Å²) in [6, 6.07) is 21.5. The van der Waals surface area contributed by atoms with Gasteiger partial charge in [-0.15, -0.1) is 0 Å².